The molecular weight excluding hydrogens is 153 g/mol. The Morgan fingerprint density at radius 2 is 2.00 bits per heavy atom. The fraction of sp³-hybridized carbons (Fsp3) is 0.200. The normalized spacial score (nSPS) is 21.6. The first kappa shape index (κ1) is 7.50. The third kappa shape index (κ3) is 1.38. The summed E-state index contributed by atoms with van der Waals surface area (Å²) in [4.78, 5) is 0. The highest BCUT2D eigenvalue weighted by atomic mass is 19.1. The molecule has 12 heavy (non-hydrogen) atoms. The highest BCUT2D eigenvalue weighted by Gasteiger charge is 2.09. The van der Waals surface area contributed by atoms with Gasteiger partial charge in [-0.15, -0.1) is 0 Å². The predicted molar refractivity (Wildman–Crippen MR) is 46.3 cm³/mol. The van der Waals surface area contributed by atoms with Gasteiger partial charge in [0.25, 0.3) is 0 Å². The third-order valence-electron chi connectivity index (χ3n) is 2.01. The summed E-state index contributed by atoms with van der Waals surface area (Å²) in [7, 11) is 0. The summed E-state index contributed by atoms with van der Waals surface area (Å²) in [6.07, 6.45) is 4.17. The molecule has 0 fully saturated rings. The van der Waals surface area contributed by atoms with Gasteiger partial charge in [-0.2, -0.15) is 0 Å². The maximum Gasteiger partial charge on any atom is 0.123 e. The van der Waals surface area contributed by atoms with Crippen molar-refractivity contribution in [3.8, 4) is 0 Å². The minimum Gasteiger partial charge on any atom is -0.303 e. The summed E-state index contributed by atoms with van der Waals surface area (Å²) >= 11 is 0. The molecule has 2 heteroatoms. The molecule has 1 aliphatic rings. The molecule has 0 aromatic heterocycles. The second kappa shape index (κ2) is 3.07. The van der Waals surface area contributed by atoms with Crippen LogP contribution in [0, 0.1) is 5.82 Å². The van der Waals surface area contributed by atoms with Gasteiger partial charge in [-0.3, -0.25) is 0 Å². The van der Waals surface area contributed by atoms with E-state index < -0.39 is 0 Å². The highest BCUT2D eigenvalue weighted by molar-refractivity contribution is 5.25. The van der Waals surface area contributed by atoms with Crippen LogP contribution < -0.4 is 5.32 Å². The molecule has 0 spiro atoms. The molecular formula is C10H10FN. The average molecular weight is 163 g/mol. The van der Waals surface area contributed by atoms with Crippen molar-refractivity contribution in [2.45, 2.75) is 6.04 Å². The van der Waals surface area contributed by atoms with E-state index in [2.05, 4.69) is 17.5 Å². The first-order valence-electron chi connectivity index (χ1n) is 4.02. The van der Waals surface area contributed by atoms with E-state index in [0.29, 0.717) is 0 Å². The van der Waals surface area contributed by atoms with Crippen molar-refractivity contribution in [3.05, 3.63) is 47.8 Å². The van der Waals surface area contributed by atoms with Crippen molar-refractivity contribution in [1.29, 1.82) is 0 Å². The smallest absolute Gasteiger partial charge is 0.123 e. The molecule has 0 bridgehead atoms. The number of hydrogen-bond acceptors (Lipinski definition) is 1. The van der Waals surface area contributed by atoms with E-state index in [1.807, 2.05) is 12.1 Å². The lowest BCUT2D eigenvalue weighted by atomic mass is 10.1. The van der Waals surface area contributed by atoms with Crippen molar-refractivity contribution >= 4 is 0 Å². The predicted octanol–water partition coefficient (Wildman–Crippen LogP) is 2.03. The van der Waals surface area contributed by atoms with Crippen molar-refractivity contribution in [3.63, 3.8) is 0 Å². The second-order valence-corrected chi connectivity index (χ2v) is 2.87. The van der Waals surface area contributed by atoms with Crippen molar-refractivity contribution in [2.75, 3.05) is 6.54 Å². The minimum absolute atomic E-state index is 0.180. The minimum atomic E-state index is -0.180. The van der Waals surface area contributed by atoms with Crippen LogP contribution in [0.4, 0.5) is 4.39 Å². The summed E-state index contributed by atoms with van der Waals surface area (Å²) in [5, 5.41) is 3.26. The van der Waals surface area contributed by atoms with Crippen LogP contribution in [0.25, 0.3) is 0 Å². The van der Waals surface area contributed by atoms with Crippen LogP contribution in [-0.2, 0) is 0 Å². The van der Waals surface area contributed by atoms with Crippen LogP contribution >= 0.6 is 0 Å². The van der Waals surface area contributed by atoms with Gasteiger partial charge in [0.15, 0.2) is 0 Å². The summed E-state index contributed by atoms with van der Waals surface area (Å²) in [5.74, 6) is -0.180. The molecule has 1 N–H and O–H groups in total. The lowest BCUT2D eigenvalue weighted by molar-refractivity contribution is 0.624. The Hall–Kier alpha value is -1.15. The van der Waals surface area contributed by atoms with E-state index >= 15 is 0 Å². The van der Waals surface area contributed by atoms with E-state index in [0.717, 1.165) is 12.1 Å². The van der Waals surface area contributed by atoms with Crippen molar-refractivity contribution < 1.29 is 4.39 Å². The van der Waals surface area contributed by atoms with Gasteiger partial charge in [0.2, 0.25) is 0 Å². The molecule has 0 radical (unpaired) electrons. The number of nitrogens with one attached hydrogen (secondary N) is 1. The van der Waals surface area contributed by atoms with Gasteiger partial charge < -0.3 is 5.32 Å². The fourth-order valence-corrected chi connectivity index (χ4v) is 1.37. The lowest BCUT2D eigenvalue weighted by Gasteiger charge is -2.08. The van der Waals surface area contributed by atoms with Gasteiger partial charge in [0.05, 0.1) is 6.04 Å². The second-order valence-electron chi connectivity index (χ2n) is 2.87. The molecule has 0 amide bonds. The summed E-state index contributed by atoms with van der Waals surface area (Å²) in [5.41, 5.74) is 1.12. The zero-order valence-electron chi connectivity index (χ0n) is 6.63. The van der Waals surface area contributed by atoms with E-state index in [1.54, 1.807) is 0 Å². The van der Waals surface area contributed by atoms with E-state index in [9.17, 15) is 4.39 Å². The Balaban J connectivity index is 2.23. The highest BCUT2D eigenvalue weighted by Crippen LogP contribution is 2.17. The van der Waals surface area contributed by atoms with Crippen molar-refractivity contribution in [2.24, 2.45) is 0 Å². The zero-order valence-corrected chi connectivity index (χ0v) is 6.63. The zero-order chi connectivity index (χ0) is 8.39. The quantitative estimate of drug-likeness (QED) is 0.624. The topological polar surface area (TPSA) is 12.0 Å². The van der Waals surface area contributed by atoms with Gasteiger partial charge in [0, 0.05) is 6.54 Å². The number of halogens is 1. The first-order chi connectivity index (χ1) is 5.86. The van der Waals surface area contributed by atoms with E-state index in [1.165, 1.54) is 12.1 Å². The van der Waals surface area contributed by atoms with E-state index in [-0.39, 0.29) is 11.9 Å². The molecule has 0 unspecified atom stereocenters. The molecule has 0 saturated carbocycles. The maximum absolute atomic E-state index is 12.5. The molecule has 1 aliphatic heterocycles. The lowest BCUT2D eigenvalue weighted by Crippen LogP contribution is -2.13. The Morgan fingerprint density at radius 3 is 2.58 bits per heavy atom. The molecule has 2 rings (SSSR count). The van der Waals surface area contributed by atoms with Crippen molar-refractivity contribution in [1.82, 2.24) is 5.32 Å². The van der Waals surface area contributed by atoms with Crippen LogP contribution in [-0.4, -0.2) is 6.54 Å². The molecule has 62 valence electrons. The average Bonchev–Trinajstić information content (AvgIpc) is 2.58. The molecule has 1 nitrogen and oxygen atoms in total. The molecule has 1 atom stereocenters. The Bertz CT molecular complexity index is 289. The summed E-state index contributed by atoms with van der Waals surface area (Å²) < 4.78 is 12.5. The molecule has 1 heterocycles. The first-order valence-corrected chi connectivity index (χ1v) is 4.02. The van der Waals surface area contributed by atoms with Crippen LogP contribution in [0.15, 0.2) is 36.4 Å². The largest absolute Gasteiger partial charge is 0.303 e. The molecule has 1 aromatic rings. The molecule has 1 aromatic carbocycles. The van der Waals surface area contributed by atoms with Gasteiger partial charge in [-0.25, -0.2) is 4.39 Å². The third-order valence-corrected chi connectivity index (χ3v) is 2.01. The van der Waals surface area contributed by atoms with Gasteiger partial charge in [-0.05, 0) is 17.7 Å². The Kier molecular flexibility index (Phi) is 1.92. The van der Waals surface area contributed by atoms with Crippen LogP contribution in [0.2, 0.25) is 0 Å². The van der Waals surface area contributed by atoms with Gasteiger partial charge >= 0.3 is 0 Å². The Morgan fingerprint density at radius 1 is 1.25 bits per heavy atom. The number of rotatable bonds is 1. The summed E-state index contributed by atoms with van der Waals surface area (Å²) in [6.45, 7) is 0.905. The van der Waals surface area contributed by atoms with E-state index in [4.69, 9.17) is 0 Å². The van der Waals surface area contributed by atoms with Gasteiger partial charge in [0.1, 0.15) is 5.82 Å². The fourth-order valence-electron chi connectivity index (χ4n) is 1.37. The summed E-state index contributed by atoms with van der Waals surface area (Å²) in [6, 6.07) is 6.86. The SMILES string of the molecule is Fc1ccc([C@@H]2C=CCN2)cc1. The van der Waals surface area contributed by atoms with Crippen LogP contribution in [0.3, 0.4) is 0 Å². The standard InChI is InChI=1S/C10H10FN/c11-9-5-3-8(4-6-9)10-2-1-7-12-10/h1-6,10,12H,7H2/t10-/m0/s1. The van der Waals surface area contributed by atoms with Crippen LogP contribution in [0.5, 0.6) is 0 Å². The molecule has 0 saturated heterocycles. The monoisotopic (exact) mass is 163 g/mol. The molecule has 0 aliphatic carbocycles. The van der Waals surface area contributed by atoms with Crippen LogP contribution in [0.1, 0.15) is 11.6 Å². The number of benzene rings is 1. The Labute approximate surface area is 70.9 Å². The maximum atomic E-state index is 12.5. The number of hydrogen-bond donors (Lipinski definition) is 1. The van der Waals surface area contributed by atoms with Gasteiger partial charge in [-0.1, -0.05) is 24.3 Å².